The lowest BCUT2D eigenvalue weighted by Gasteiger charge is -2.28. The summed E-state index contributed by atoms with van der Waals surface area (Å²) in [5, 5.41) is 0. The molecule has 1 fully saturated rings. The van der Waals surface area contributed by atoms with Gasteiger partial charge in [-0.05, 0) is 33.6 Å². The van der Waals surface area contributed by atoms with Crippen molar-refractivity contribution in [1.29, 1.82) is 0 Å². The van der Waals surface area contributed by atoms with Gasteiger partial charge in [0, 0.05) is 0 Å². The van der Waals surface area contributed by atoms with Gasteiger partial charge in [0.15, 0.2) is 0 Å². The Labute approximate surface area is 92.1 Å². The van der Waals surface area contributed by atoms with E-state index in [4.69, 9.17) is 10.5 Å². The van der Waals surface area contributed by atoms with Crippen LogP contribution in [0.1, 0.15) is 33.6 Å². The zero-order valence-electron chi connectivity index (χ0n) is 9.52. The Kier molecular flexibility index (Phi) is 3.00. The first-order valence-electron chi connectivity index (χ1n) is 5.05. The molecular formula is C10H16F3NO2. The van der Waals surface area contributed by atoms with Gasteiger partial charge >= 0.3 is 12.1 Å². The summed E-state index contributed by atoms with van der Waals surface area (Å²) in [6.45, 7) is 4.76. The van der Waals surface area contributed by atoms with Gasteiger partial charge in [0.1, 0.15) is 11.6 Å². The zero-order valence-corrected chi connectivity index (χ0v) is 9.52. The van der Waals surface area contributed by atoms with E-state index in [1.54, 1.807) is 20.8 Å². The van der Waals surface area contributed by atoms with Crippen LogP contribution >= 0.6 is 0 Å². The van der Waals surface area contributed by atoms with Crippen molar-refractivity contribution in [2.75, 3.05) is 0 Å². The molecule has 1 atom stereocenters. The van der Waals surface area contributed by atoms with Gasteiger partial charge in [-0.15, -0.1) is 0 Å². The lowest BCUT2D eigenvalue weighted by molar-refractivity contribution is -0.203. The maximum Gasteiger partial charge on any atom is 0.396 e. The molecular weight excluding hydrogens is 223 g/mol. The largest absolute Gasteiger partial charge is 0.459 e. The van der Waals surface area contributed by atoms with Crippen LogP contribution in [-0.2, 0) is 9.53 Å². The third-order valence-electron chi connectivity index (χ3n) is 2.61. The number of hydrogen-bond donors (Lipinski definition) is 1. The third kappa shape index (κ3) is 2.48. The van der Waals surface area contributed by atoms with Crippen LogP contribution in [0.5, 0.6) is 0 Å². The average molecular weight is 239 g/mol. The lowest BCUT2D eigenvalue weighted by Crippen LogP contribution is -2.49. The highest BCUT2D eigenvalue weighted by molar-refractivity contribution is 5.77. The number of halogens is 3. The highest BCUT2D eigenvalue weighted by Gasteiger charge is 2.68. The molecule has 0 spiro atoms. The second-order valence-corrected chi connectivity index (χ2v) is 5.17. The number of carbonyl (C=O) groups is 1. The Morgan fingerprint density at radius 1 is 1.31 bits per heavy atom. The van der Waals surface area contributed by atoms with Gasteiger partial charge in [-0.1, -0.05) is 0 Å². The van der Waals surface area contributed by atoms with Crippen molar-refractivity contribution in [3.8, 4) is 0 Å². The van der Waals surface area contributed by atoms with Crippen molar-refractivity contribution in [2.45, 2.75) is 51.4 Å². The van der Waals surface area contributed by atoms with E-state index in [9.17, 15) is 18.0 Å². The Hall–Kier alpha value is -0.780. The van der Waals surface area contributed by atoms with Crippen LogP contribution in [0.2, 0.25) is 0 Å². The molecule has 94 valence electrons. The van der Waals surface area contributed by atoms with E-state index in [0.29, 0.717) is 0 Å². The summed E-state index contributed by atoms with van der Waals surface area (Å²) in [7, 11) is 0. The molecule has 16 heavy (non-hydrogen) atoms. The highest BCUT2D eigenvalue weighted by Crippen LogP contribution is 2.59. The van der Waals surface area contributed by atoms with Gasteiger partial charge in [-0.2, -0.15) is 13.2 Å². The minimum Gasteiger partial charge on any atom is -0.459 e. The zero-order chi connectivity index (χ0) is 12.8. The number of ether oxygens (including phenoxy) is 1. The molecule has 0 aromatic rings. The number of carbonyl (C=O) groups excluding carboxylic acids is 1. The molecule has 0 aromatic carbocycles. The molecule has 3 nitrogen and oxygen atoms in total. The first-order valence-corrected chi connectivity index (χ1v) is 5.05. The van der Waals surface area contributed by atoms with Crippen LogP contribution < -0.4 is 5.73 Å². The second-order valence-electron chi connectivity index (χ2n) is 5.17. The van der Waals surface area contributed by atoms with E-state index < -0.39 is 29.2 Å². The van der Waals surface area contributed by atoms with Crippen molar-refractivity contribution >= 4 is 5.97 Å². The molecule has 6 heteroatoms. The van der Waals surface area contributed by atoms with E-state index in [1.165, 1.54) is 0 Å². The molecule has 1 saturated carbocycles. The average Bonchev–Trinajstić information content (AvgIpc) is 2.77. The van der Waals surface area contributed by atoms with E-state index in [1.807, 2.05) is 0 Å². The number of esters is 1. The van der Waals surface area contributed by atoms with Gasteiger partial charge in [-0.25, -0.2) is 0 Å². The van der Waals surface area contributed by atoms with Gasteiger partial charge in [0.05, 0.1) is 5.41 Å². The standard InChI is InChI=1S/C10H16F3NO2/c1-8(2,3)16-7(15)6(14)9(4-5-9)10(11,12)13/h6H,4-5,14H2,1-3H3. The molecule has 1 aliphatic carbocycles. The summed E-state index contributed by atoms with van der Waals surface area (Å²) >= 11 is 0. The SMILES string of the molecule is CC(C)(C)OC(=O)C(N)C1(C(F)(F)F)CC1. The van der Waals surface area contributed by atoms with E-state index >= 15 is 0 Å². The summed E-state index contributed by atoms with van der Waals surface area (Å²) < 4.78 is 42.8. The predicted octanol–water partition coefficient (Wildman–Crippen LogP) is 2.00. The Morgan fingerprint density at radius 2 is 1.75 bits per heavy atom. The molecule has 0 bridgehead atoms. The van der Waals surface area contributed by atoms with Crippen LogP contribution in [0, 0.1) is 5.41 Å². The molecule has 1 unspecified atom stereocenters. The van der Waals surface area contributed by atoms with Gasteiger partial charge in [-0.3, -0.25) is 4.79 Å². The topological polar surface area (TPSA) is 52.3 Å². The second kappa shape index (κ2) is 3.61. The molecule has 0 radical (unpaired) electrons. The minimum absolute atomic E-state index is 0.100. The van der Waals surface area contributed by atoms with Crippen LogP contribution in [0.25, 0.3) is 0 Å². The predicted molar refractivity (Wildman–Crippen MR) is 51.5 cm³/mol. The summed E-state index contributed by atoms with van der Waals surface area (Å²) in [6, 6.07) is -1.62. The molecule has 0 saturated heterocycles. The van der Waals surface area contributed by atoms with Crippen molar-refractivity contribution < 1.29 is 22.7 Å². The van der Waals surface area contributed by atoms with Crippen LogP contribution in [0.4, 0.5) is 13.2 Å². The van der Waals surface area contributed by atoms with Crippen molar-refractivity contribution in [1.82, 2.24) is 0 Å². The fourth-order valence-electron chi connectivity index (χ4n) is 1.50. The molecule has 1 aliphatic rings. The molecule has 0 aliphatic heterocycles. The lowest BCUT2D eigenvalue weighted by atomic mass is 9.96. The normalized spacial score (nSPS) is 21.4. The fraction of sp³-hybridized carbons (Fsp3) is 0.900. The van der Waals surface area contributed by atoms with E-state index in [0.717, 1.165) is 0 Å². The maximum atomic E-state index is 12.7. The molecule has 1 rings (SSSR count). The summed E-state index contributed by atoms with van der Waals surface area (Å²) in [6.07, 6.45) is -4.64. The maximum absolute atomic E-state index is 12.7. The molecule has 0 aromatic heterocycles. The van der Waals surface area contributed by atoms with Crippen molar-refractivity contribution in [3.05, 3.63) is 0 Å². The molecule has 0 heterocycles. The quantitative estimate of drug-likeness (QED) is 0.750. The molecule has 2 N–H and O–H groups in total. The number of nitrogens with two attached hydrogens (primary N) is 1. The minimum atomic E-state index is -4.44. The van der Waals surface area contributed by atoms with Crippen LogP contribution in [0.15, 0.2) is 0 Å². The van der Waals surface area contributed by atoms with Gasteiger partial charge in [0.2, 0.25) is 0 Å². The smallest absolute Gasteiger partial charge is 0.396 e. The Bertz CT molecular complexity index is 289. The Morgan fingerprint density at radius 3 is 2.00 bits per heavy atom. The van der Waals surface area contributed by atoms with E-state index in [-0.39, 0.29) is 12.8 Å². The molecule has 0 amide bonds. The number of rotatable bonds is 2. The van der Waals surface area contributed by atoms with Gasteiger partial charge in [0.25, 0.3) is 0 Å². The Balaban J connectivity index is 2.73. The fourth-order valence-corrected chi connectivity index (χ4v) is 1.50. The monoisotopic (exact) mass is 239 g/mol. The van der Waals surface area contributed by atoms with Crippen molar-refractivity contribution in [2.24, 2.45) is 11.1 Å². The van der Waals surface area contributed by atoms with E-state index in [2.05, 4.69) is 0 Å². The summed E-state index contributed by atoms with van der Waals surface area (Å²) in [5.74, 6) is -0.984. The van der Waals surface area contributed by atoms with Crippen LogP contribution in [-0.4, -0.2) is 23.8 Å². The first kappa shape index (κ1) is 13.3. The highest BCUT2D eigenvalue weighted by atomic mass is 19.4. The van der Waals surface area contributed by atoms with Crippen molar-refractivity contribution in [3.63, 3.8) is 0 Å². The van der Waals surface area contributed by atoms with Gasteiger partial charge < -0.3 is 10.5 Å². The third-order valence-corrected chi connectivity index (χ3v) is 2.61. The first-order chi connectivity index (χ1) is 7.00. The number of alkyl halides is 3. The summed E-state index contributed by atoms with van der Waals surface area (Å²) in [4.78, 5) is 11.4. The van der Waals surface area contributed by atoms with Crippen LogP contribution in [0.3, 0.4) is 0 Å². The summed E-state index contributed by atoms with van der Waals surface area (Å²) in [5.41, 5.74) is 2.47. The number of hydrogen-bond acceptors (Lipinski definition) is 3.